The Morgan fingerprint density at radius 2 is 1.88 bits per heavy atom. The van der Waals surface area contributed by atoms with Gasteiger partial charge >= 0.3 is 0 Å². The molecule has 2 N–H and O–H groups in total. The maximum Gasteiger partial charge on any atom is 0.191 e. The number of sulfone groups is 1. The van der Waals surface area contributed by atoms with E-state index in [1.807, 2.05) is 13.0 Å². The van der Waals surface area contributed by atoms with Gasteiger partial charge in [0.15, 0.2) is 15.8 Å². The number of halogens is 1. The molecule has 0 heterocycles. The van der Waals surface area contributed by atoms with Crippen LogP contribution in [0.4, 0.5) is 0 Å². The first-order valence-corrected chi connectivity index (χ1v) is 10.1. The van der Waals surface area contributed by atoms with Crippen molar-refractivity contribution in [2.45, 2.75) is 50.0 Å². The molecule has 1 saturated carbocycles. The van der Waals surface area contributed by atoms with Crippen LogP contribution in [-0.4, -0.2) is 39.3 Å². The summed E-state index contributed by atoms with van der Waals surface area (Å²) in [5.74, 6) is 0.931. The standard InChI is InChI=1S/C17H27N3O2S.HI/c1-2-18-17(20-15-9-6-7-10-15)19-13-8-14-23(21,22)16-11-4-3-5-12-16;/h3-5,11-12,15H,2,6-10,13-14H2,1H3,(H2,18,19,20);1H. The second kappa shape index (κ2) is 10.9. The summed E-state index contributed by atoms with van der Waals surface area (Å²) in [6.45, 7) is 3.35. The average Bonchev–Trinajstić information content (AvgIpc) is 3.05. The maximum atomic E-state index is 12.2. The Hall–Kier alpha value is -0.830. The van der Waals surface area contributed by atoms with Crippen LogP contribution < -0.4 is 10.6 Å². The van der Waals surface area contributed by atoms with Crippen molar-refractivity contribution in [1.82, 2.24) is 10.6 Å². The van der Waals surface area contributed by atoms with Crippen molar-refractivity contribution in [3.8, 4) is 0 Å². The topological polar surface area (TPSA) is 70.6 Å². The van der Waals surface area contributed by atoms with Gasteiger partial charge in [-0.25, -0.2) is 8.42 Å². The summed E-state index contributed by atoms with van der Waals surface area (Å²) >= 11 is 0. The van der Waals surface area contributed by atoms with Crippen molar-refractivity contribution < 1.29 is 8.42 Å². The average molecular weight is 465 g/mol. The molecule has 1 aliphatic carbocycles. The molecule has 1 aromatic carbocycles. The molecule has 1 fully saturated rings. The highest BCUT2D eigenvalue weighted by atomic mass is 127. The molecule has 2 rings (SSSR count). The Kier molecular flexibility index (Phi) is 9.65. The van der Waals surface area contributed by atoms with Crippen molar-refractivity contribution in [2.75, 3.05) is 18.8 Å². The second-order valence-electron chi connectivity index (χ2n) is 5.87. The van der Waals surface area contributed by atoms with E-state index in [4.69, 9.17) is 0 Å². The first kappa shape index (κ1) is 21.2. The van der Waals surface area contributed by atoms with E-state index in [2.05, 4.69) is 15.6 Å². The Labute approximate surface area is 162 Å². The number of hydrogen-bond acceptors (Lipinski definition) is 3. The van der Waals surface area contributed by atoms with E-state index in [0.29, 0.717) is 23.9 Å². The van der Waals surface area contributed by atoms with E-state index < -0.39 is 9.84 Å². The van der Waals surface area contributed by atoms with Crippen LogP contribution in [0.15, 0.2) is 40.2 Å². The van der Waals surface area contributed by atoms with Gasteiger partial charge in [0.1, 0.15) is 0 Å². The molecule has 0 spiro atoms. The summed E-state index contributed by atoms with van der Waals surface area (Å²) in [5.41, 5.74) is 0. The minimum Gasteiger partial charge on any atom is -0.357 e. The zero-order valence-corrected chi connectivity index (χ0v) is 17.3. The van der Waals surface area contributed by atoms with Crippen LogP contribution in [0, 0.1) is 0 Å². The molecule has 0 aliphatic heterocycles. The third kappa shape index (κ3) is 6.96. The first-order valence-electron chi connectivity index (χ1n) is 8.44. The summed E-state index contributed by atoms with van der Waals surface area (Å²) in [6, 6.07) is 9.11. The molecule has 0 bridgehead atoms. The van der Waals surface area contributed by atoms with Gasteiger partial charge in [0.25, 0.3) is 0 Å². The highest BCUT2D eigenvalue weighted by molar-refractivity contribution is 14.0. The fourth-order valence-corrected chi connectivity index (χ4v) is 4.09. The van der Waals surface area contributed by atoms with Crippen molar-refractivity contribution in [3.05, 3.63) is 30.3 Å². The van der Waals surface area contributed by atoms with Gasteiger partial charge in [-0.2, -0.15) is 0 Å². The van der Waals surface area contributed by atoms with Crippen LogP contribution in [-0.2, 0) is 9.84 Å². The van der Waals surface area contributed by atoms with Gasteiger partial charge in [-0.05, 0) is 38.3 Å². The SMILES string of the molecule is CCNC(=NCCCS(=O)(=O)c1ccccc1)NC1CCCC1.I. The van der Waals surface area contributed by atoms with E-state index in [9.17, 15) is 8.42 Å². The summed E-state index contributed by atoms with van der Waals surface area (Å²) in [4.78, 5) is 4.89. The summed E-state index contributed by atoms with van der Waals surface area (Å²) < 4.78 is 24.4. The monoisotopic (exact) mass is 465 g/mol. The quantitative estimate of drug-likeness (QED) is 0.281. The second-order valence-corrected chi connectivity index (χ2v) is 7.98. The third-order valence-electron chi connectivity index (χ3n) is 3.98. The van der Waals surface area contributed by atoms with Crippen molar-refractivity contribution in [3.63, 3.8) is 0 Å². The molecular formula is C17H28IN3O2S. The number of hydrogen-bond donors (Lipinski definition) is 2. The number of benzene rings is 1. The third-order valence-corrected chi connectivity index (χ3v) is 5.80. The molecule has 136 valence electrons. The Morgan fingerprint density at radius 1 is 1.21 bits per heavy atom. The lowest BCUT2D eigenvalue weighted by Crippen LogP contribution is -2.42. The lowest BCUT2D eigenvalue weighted by molar-refractivity contribution is 0.592. The van der Waals surface area contributed by atoms with Crippen LogP contribution in [0.25, 0.3) is 0 Å². The van der Waals surface area contributed by atoms with E-state index in [1.54, 1.807) is 24.3 Å². The van der Waals surface area contributed by atoms with Gasteiger partial charge in [0, 0.05) is 19.1 Å². The van der Waals surface area contributed by atoms with Gasteiger partial charge in [-0.1, -0.05) is 31.0 Å². The summed E-state index contributed by atoms with van der Waals surface area (Å²) in [5, 5.41) is 6.66. The van der Waals surface area contributed by atoms with Gasteiger partial charge in [-0.3, -0.25) is 4.99 Å². The minimum atomic E-state index is -3.20. The highest BCUT2D eigenvalue weighted by Gasteiger charge is 2.16. The number of aliphatic imine (C=N–C) groups is 1. The lowest BCUT2D eigenvalue weighted by atomic mass is 10.2. The Balaban J connectivity index is 0.00000288. The van der Waals surface area contributed by atoms with E-state index in [-0.39, 0.29) is 29.7 Å². The molecule has 0 saturated heterocycles. The summed E-state index contributed by atoms with van der Waals surface area (Å²) in [6.07, 6.45) is 5.44. The molecule has 0 aromatic heterocycles. The number of rotatable bonds is 7. The number of guanidine groups is 1. The molecule has 5 nitrogen and oxygen atoms in total. The Morgan fingerprint density at radius 3 is 2.50 bits per heavy atom. The smallest absolute Gasteiger partial charge is 0.191 e. The molecular weight excluding hydrogens is 437 g/mol. The number of nitrogens with one attached hydrogen (secondary N) is 2. The van der Waals surface area contributed by atoms with Crippen molar-refractivity contribution in [1.29, 1.82) is 0 Å². The van der Waals surface area contributed by atoms with Gasteiger partial charge in [0.05, 0.1) is 10.6 Å². The number of nitrogens with zero attached hydrogens (tertiary/aromatic N) is 1. The predicted octanol–water partition coefficient (Wildman–Crippen LogP) is 2.97. The molecule has 0 radical (unpaired) electrons. The Bertz CT molecular complexity index is 600. The minimum absolute atomic E-state index is 0. The van der Waals surface area contributed by atoms with Gasteiger partial charge in [0.2, 0.25) is 0 Å². The normalized spacial score (nSPS) is 15.8. The van der Waals surface area contributed by atoms with Gasteiger partial charge in [-0.15, -0.1) is 24.0 Å². The lowest BCUT2D eigenvalue weighted by Gasteiger charge is -2.16. The largest absolute Gasteiger partial charge is 0.357 e. The fourth-order valence-electron chi connectivity index (χ4n) is 2.77. The molecule has 7 heteroatoms. The molecule has 0 atom stereocenters. The van der Waals surface area contributed by atoms with Crippen molar-refractivity contribution in [2.24, 2.45) is 4.99 Å². The van der Waals surface area contributed by atoms with E-state index in [1.165, 1.54) is 25.7 Å². The van der Waals surface area contributed by atoms with Gasteiger partial charge < -0.3 is 10.6 Å². The molecule has 0 amide bonds. The molecule has 1 aromatic rings. The van der Waals surface area contributed by atoms with Crippen LogP contribution in [0.1, 0.15) is 39.0 Å². The zero-order chi connectivity index (χ0) is 16.5. The molecule has 24 heavy (non-hydrogen) atoms. The van der Waals surface area contributed by atoms with E-state index >= 15 is 0 Å². The predicted molar refractivity (Wildman–Crippen MR) is 110 cm³/mol. The maximum absolute atomic E-state index is 12.2. The van der Waals surface area contributed by atoms with Crippen LogP contribution in [0.3, 0.4) is 0 Å². The van der Waals surface area contributed by atoms with E-state index in [0.717, 1.165) is 12.5 Å². The first-order chi connectivity index (χ1) is 11.1. The fraction of sp³-hybridized carbons (Fsp3) is 0.588. The summed E-state index contributed by atoms with van der Waals surface area (Å²) in [7, 11) is -3.20. The molecule has 1 aliphatic rings. The molecule has 0 unspecified atom stereocenters. The zero-order valence-electron chi connectivity index (χ0n) is 14.2. The van der Waals surface area contributed by atoms with Crippen LogP contribution in [0.5, 0.6) is 0 Å². The highest BCUT2D eigenvalue weighted by Crippen LogP contribution is 2.17. The van der Waals surface area contributed by atoms with Crippen LogP contribution in [0.2, 0.25) is 0 Å². The van der Waals surface area contributed by atoms with Crippen molar-refractivity contribution >= 4 is 39.8 Å². The van der Waals surface area contributed by atoms with Crippen LogP contribution >= 0.6 is 24.0 Å².